The van der Waals surface area contributed by atoms with E-state index in [0.717, 1.165) is 26.2 Å². The molecule has 0 unspecified atom stereocenters. The molecule has 5 nitrogen and oxygen atoms in total. The van der Waals surface area contributed by atoms with Gasteiger partial charge >= 0.3 is 5.97 Å². The molecule has 0 amide bonds. The summed E-state index contributed by atoms with van der Waals surface area (Å²) in [6.07, 6.45) is 1.51. The highest BCUT2D eigenvalue weighted by molar-refractivity contribution is 7.21. The highest BCUT2D eigenvalue weighted by Gasteiger charge is 2.23. The molecule has 4 aromatic rings. The normalized spacial score (nSPS) is 11.9. The molecule has 27 heavy (non-hydrogen) atoms. The molecule has 0 aliphatic heterocycles. The van der Waals surface area contributed by atoms with E-state index in [9.17, 15) is 4.79 Å². The van der Waals surface area contributed by atoms with Gasteiger partial charge in [0.15, 0.2) is 6.04 Å². The van der Waals surface area contributed by atoms with Crippen molar-refractivity contribution in [3.8, 4) is 10.4 Å². The van der Waals surface area contributed by atoms with Gasteiger partial charge < -0.3 is 10.1 Å². The predicted octanol–water partition coefficient (Wildman–Crippen LogP) is 4.68. The van der Waals surface area contributed by atoms with Crippen molar-refractivity contribution in [1.82, 2.24) is 9.97 Å². The summed E-state index contributed by atoms with van der Waals surface area (Å²) >= 11 is 1.59. The molecule has 0 bridgehead atoms. The van der Waals surface area contributed by atoms with Crippen LogP contribution in [0.1, 0.15) is 11.6 Å². The van der Waals surface area contributed by atoms with Crippen LogP contribution in [0.3, 0.4) is 0 Å². The van der Waals surface area contributed by atoms with Gasteiger partial charge in [0.1, 0.15) is 17.0 Å². The van der Waals surface area contributed by atoms with Crippen molar-refractivity contribution >= 4 is 33.3 Å². The summed E-state index contributed by atoms with van der Waals surface area (Å²) in [5.41, 5.74) is 1.94. The summed E-state index contributed by atoms with van der Waals surface area (Å²) in [5, 5.41) is 4.12. The van der Waals surface area contributed by atoms with E-state index in [-0.39, 0.29) is 5.97 Å². The Morgan fingerprint density at radius 3 is 2.44 bits per heavy atom. The molecular weight excluding hydrogens is 358 g/mol. The van der Waals surface area contributed by atoms with E-state index in [1.54, 1.807) is 11.3 Å². The Morgan fingerprint density at radius 1 is 1.04 bits per heavy atom. The van der Waals surface area contributed by atoms with Gasteiger partial charge in [0.25, 0.3) is 0 Å². The molecule has 0 radical (unpaired) electrons. The molecule has 1 N–H and O–H groups in total. The van der Waals surface area contributed by atoms with Gasteiger partial charge in [-0.2, -0.15) is 0 Å². The Labute approximate surface area is 160 Å². The first kappa shape index (κ1) is 17.2. The quantitative estimate of drug-likeness (QED) is 0.513. The van der Waals surface area contributed by atoms with Crippen LogP contribution in [0, 0.1) is 0 Å². The zero-order chi connectivity index (χ0) is 18.6. The fraction of sp³-hybridized carbons (Fsp3) is 0.0952. The fourth-order valence-corrected chi connectivity index (χ4v) is 3.90. The third-order valence-electron chi connectivity index (χ3n) is 4.24. The van der Waals surface area contributed by atoms with Crippen LogP contribution in [0.2, 0.25) is 0 Å². The van der Waals surface area contributed by atoms with Crippen molar-refractivity contribution in [1.29, 1.82) is 0 Å². The minimum Gasteiger partial charge on any atom is -0.467 e. The van der Waals surface area contributed by atoms with Crippen LogP contribution in [0.5, 0.6) is 0 Å². The number of esters is 1. The Bertz CT molecular complexity index is 1060. The van der Waals surface area contributed by atoms with Crippen molar-refractivity contribution in [2.45, 2.75) is 6.04 Å². The van der Waals surface area contributed by atoms with Crippen LogP contribution in [-0.4, -0.2) is 23.0 Å². The van der Waals surface area contributed by atoms with Gasteiger partial charge in [0.2, 0.25) is 0 Å². The van der Waals surface area contributed by atoms with Crippen LogP contribution in [0.4, 0.5) is 5.82 Å². The molecule has 0 saturated carbocycles. The molecule has 0 aliphatic carbocycles. The summed E-state index contributed by atoms with van der Waals surface area (Å²) in [6, 6.07) is 21.0. The van der Waals surface area contributed by atoms with Gasteiger partial charge in [0, 0.05) is 4.88 Å². The van der Waals surface area contributed by atoms with Crippen LogP contribution in [0.25, 0.3) is 20.7 Å². The zero-order valence-corrected chi connectivity index (χ0v) is 15.4. The molecule has 6 heteroatoms. The number of aromatic nitrogens is 2. The maximum Gasteiger partial charge on any atom is 0.333 e. The van der Waals surface area contributed by atoms with E-state index in [0.29, 0.717) is 5.82 Å². The molecule has 0 spiro atoms. The summed E-state index contributed by atoms with van der Waals surface area (Å²) < 4.78 is 4.98. The first-order valence-corrected chi connectivity index (χ1v) is 9.27. The Balaban J connectivity index is 1.74. The van der Waals surface area contributed by atoms with Gasteiger partial charge in [-0.1, -0.05) is 60.7 Å². The molecule has 4 rings (SSSR count). The lowest BCUT2D eigenvalue weighted by Crippen LogP contribution is -2.22. The highest BCUT2D eigenvalue weighted by Crippen LogP contribution is 2.35. The van der Waals surface area contributed by atoms with Gasteiger partial charge in [-0.05, 0) is 17.2 Å². The minimum absolute atomic E-state index is 0.369. The second-order valence-corrected chi connectivity index (χ2v) is 6.96. The Morgan fingerprint density at radius 2 is 1.74 bits per heavy atom. The number of nitrogens with zero attached hydrogens (tertiary/aromatic N) is 2. The summed E-state index contributed by atoms with van der Waals surface area (Å²) in [4.78, 5) is 23.1. The number of carbonyl (C=O) groups excluding carboxylic acids is 1. The van der Waals surface area contributed by atoms with Crippen LogP contribution < -0.4 is 5.32 Å². The number of benzene rings is 2. The molecule has 0 fully saturated rings. The average molecular weight is 375 g/mol. The number of hydrogen-bond donors (Lipinski definition) is 1. The summed E-state index contributed by atoms with van der Waals surface area (Å²) in [6.45, 7) is 0. The standard InChI is InChI=1S/C21H17N3O2S/c1-26-21(25)18(15-10-6-3-7-11-15)24-19-16-12-17(14-8-4-2-5-9-14)27-20(16)23-13-22-19/h2-13,18H,1H3,(H,22,23,24)/t18-/m0/s1. The first-order valence-electron chi connectivity index (χ1n) is 8.45. The Kier molecular flexibility index (Phi) is 4.80. The lowest BCUT2D eigenvalue weighted by molar-refractivity contribution is -0.141. The molecule has 0 saturated heterocycles. The number of ether oxygens (including phenoxy) is 1. The molecule has 2 aromatic heterocycles. The minimum atomic E-state index is -0.644. The Hall–Kier alpha value is -3.25. The number of nitrogens with one attached hydrogen (secondary N) is 1. The third kappa shape index (κ3) is 3.52. The van der Waals surface area contributed by atoms with Crippen LogP contribution >= 0.6 is 11.3 Å². The average Bonchev–Trinajstić information content (AvgIpc) is 3.18. The van der Waals surface area contributed by atoms with E-state index >= 15 is 0 Å². The van der Waals surface area contributed by atoms with Crippen LogP contribution in [0.15, 0.2) is 73.1 Å². The van der Waals surface area contributed by atoms with Crippen molar-refractivity contribution in [3.05, 3.63) is 78.6 Å². The van der Waals surface area contributed by atoms with E-state index in [1.165, 1.54) is 13.4 Å². The monoisotopic (exact) mass is 375 g/mol. The highest BCUT2D eigenvalue weighted by atomic mass is 32.1. The van der Waals surface area contributed by atoms with Gasteiger partial charge in [-0.3, -0.25) is 0 Å². The number of carbonyl (C=O) groups is 1. The van der Waals surface area contributed by atoms with Crippen molar-refractivity contribution < 1.29 is 9.53 Å². The second kappa shape index (κ2) is 7.55. The molecular formula is C21H17N3O2S. The zero-order valence-electron chi connectivity index (χ0n) is 14.6. The maximum absolute atomic E-state index is 12.4. The van der Waals surface area contributed by atoms with E-state index in [4.69, 9.17) is 4.74 Å². The van der Waals surface area contributed by atoms with Crippen molar-refractivity contribution in [2.24, 2.45) is 0 Å². The topological polar surface area (TPSA) is 64.1 Å². The van der Waals surface area contributed by atoms with E-state index in [1.807, 2.05) is 48.5 Å². The molecule has 2 aromatic carbocycles. The first-order chi connectivity index (χ1) is 13.3. The van der Waals surface area contributed by atoms with Crippen molar-refractivity contribution in [2.75, 3.05) is 12.4 Å². The number of rotatable bonds is 5. The van der Waals surface area contributed by atoms with Gasteiger partial charge in [-0.25, -0.2) is 14.8 Å². The lowest BCUT2D eigenvalue weighted by atomic mass is 10.1. The predicted molar refractivity (Wildman–Crippen MR) is 108 cm³/mol. The fourth-order valence-electron chi connectivity index (χ4n) is 2.89. The number of fused-ring (bicyclic) bond motifs is 1. The molecule has 134 valence electrons. The smallest absolute Gasteiger partial charge is 0.333 e. The number of hydrogen-bond acceptors (Lipinski definition) is 6. The summed E-state index contributed by atoms with van der Waals surface area (Å²) in [5.74, 6) is 0.240. The van der Waals surface area contributed by atoms with E-state index in [2.05, 4.69) is 33.5 Å². The number of anilines is 1. The van der Waals surface area contributed by atoms with Gasteiger partial charge in [0.05, 0.1) is 12.5 Å². The summed E-state index contributed by atoms with van der Waals surface area (Å²) in [7, 11) is 1.38. The maximum atomic E-state index is 12.4. The largest absolute Gasteiger partial charge is 0.467 e. The van der Waals surface area contributed by atoms with E-state index < -0.39 is 6.04 Å². The second-order valence-electron chi connectivity index (χ2n) is 5.93. The molecule has 1 atom stereocenters. The number of methoxy groups -OCH3 is 1. The third-order valence-corrected chi connectivity index (χ3v) is 5.33. The SMILES string of the molecule is COC(=O)[C@@H](Nc1ncnc2sc(-c3ccccc3)cc12)c1ccccc1. The van der Waals surface area contributed by atoms with Gasteiger partial charge in [-0.15, -0.1) is 11.3 Å². The number of thiophene rings is 1. The molecule has 2 heterocycles. The van der Waals surface area contributed by atoms with Crippen LogP contribution in [-0.2, 0) is 9.53 Å². The molecule has 0 aliphatic rings. The lowest BCUT2D eigenvalue weighted by Gasteiger charge is -2.17. The van der Waals surface area contributed by atoms with Crippen molar-refractivity contribution in [3.63, 3.8) is 0 Å².